The van der Waals surface area contributed by atoms with Gasteiger partial charge >= 0.3 is 0 Å². The highest BCUT2D eigenvalue weighted by Gasteiger charge is 2.08. The third-order valence-corrected chi connectivity index (χ3v) is 3.68. The van der Waals surface area contributed by atoms with Crippen LogP contribution in [0.1, 0.15) is 20.2 Å². The molecule has 0 spiro atoms. The van der Waals surface area contributed by atoms with E-state index in [1.807, 2.05) is 25.3 Å². The summed E-state index contributed by atoms with van der Waals surface area (Å²) in [6, 6.07) is 5.45. The number of aromatic nitrogens is 3. The standard InChI is InChI=1S/C13H12N4OS/c1-8-5-14-12(19-8)7-15-13(18)9-2-3-11-10(4-9)6-16-17-11/h2-6H,7H2,1H3,(H,15,18)(H,16,17). The lowest BCUT2D eigenvalue weighted by molar-refractivity contribution is 0.0951. The van der Waals surface area contributed by atoms with Crippen LogP contribution >= 0.6 is 11.3 Å². The van der Waals surface area contributed by atoms with Crippen LogP contribution in [0.3, 0.4) is 0 Å². The zero-order valence-corrected chi connectivity index (χ0v) is 11.1. The molecule has 1 amide bonds. The van der Waals surface area contributed by atoms with Crippen LogP contribution in [-0.4, -0.2) is 21.1 Å². The number of rotatable bonds is 3. The summed E-state index contributed by atoms with van der Waals surface area (Å²) < 4.78 is 0. The van der Waals surface area contributed by atoms with E-state index in [-0.39, 0.29) is 5.91 Å². The van der Waals surface area contributed by atoms with Gasteiger partial charge in [0.25, 0.3) is 5.91 Å². The van der Waals surface area contributed by atoms with Crippen molar-refractivity contribution >= 4 is 28.1 Å². The first-order valence-electron chi connectivity index (χ1n) is 5.85. The molecule has 2 N–H and O–H groups in total. The molecule has 0 unspecified atom stereocenters. The van der Waals surface area contributed by atoms with Crippen LogP contribution in [0.2, 0.25) is 0 Å². The number of benzene rings is 1. The second-order valence-electron chi connectivity index (χ2n) is 4.22. The van der Waals surface area contributed by atoms with Gasteiger partial charge in [-0.15, -0.1) is 11.3 Å². The molecule has 0 aliphatic carbocycles. The van der Waals surface area contributed by atoms with E-state index in [9.17, 15) is 4.79 Å². The maximum absolute atomic E-state index is 12.0. The highest BCUT2D eigenvalue weighted by Crippen LogP contribution is 2.14. The number of H-pyrrole nitrogens is 1. The molecule has 0 bridgehead atoms. The predicted octanol–water partition coefficient (Wildman–Crippen LogP) is 2.26. The number of nitrogens with zero attached hydrogens (tertiary/aromatic N) is 2. The number of thiazole rings is 1. The normalized spacial score (nSPS) is 10.8. The minimum atomic E-state index is -0.101. The van der Waals surface area contributed by atoms with Gasteiger partial charge in [0.2, 0.25) is 0 Å². The molecule has 0 fully saturated rings. The smallest absolute Gasteiger partial charge is 0.251 e. The van der Waals surface area contributed by atoms with E-state index < -0.39 is 0 Å². The van der Waals surface area contributed by atoms with Gasteiger partial charge in [0.05, 0.1) is 18.3 Å². The quantitative estimate of drug-likeness (QED) is 0.768. The molecule has 0 saturated carbocycles. The second-order valence-corrected chi connectivity index (χ2v) is 5.54. The largest absolute Gasteiger partial charge is 0.346 e. The molecule has 96 valence electrons. The van der Waals surface area contributed by atoms with E-state index in [4.69, 9.17) is 0 Å². The first kappa shape index (κ1) is 11.9. The maximum Gasteiger partial charge on any atom is 0.251 e. The van der Waals surface area contributed by atoms with Crippen molar-refractivity contribution in [2.75, 3.05) is 0 Å². The molecule has 1 aromatic carbocycles. The predicted molar refractivity (Wildman–Crippen MR) is 74.1 cm³/mol. The van der Waals surface area contributed by atoms with Crippen LogP contribution in [0, 0.1) is 6.92 Å². The van der Waals surface area contributed by atoms with Gasteiger partial charge in [0, 0.05) is 22.0 Å². The van der Waals surface area contributed by atoms with Crippen molar-refractivity contribution in [1.29, 1.82) is 0 Å². The van der Waals surface area contributed by atoms with Gasteiger partial charge in [0.1, 0.15) is 5.01 Å². The molecule has 5 nitrogen and oxygen atoms in total. The van der Waals surface area contributed by atoms with Crippen LogP contribution in [0.4, 0.5) is 0 Å². The zero-order chi connectivity index (χ0) is 13.2. The average molecular weight is 272 g/mol. The van der Waals surface area contributed by atoms with E-state index in [2.05, 4.69) is 20.5 Å². The van der Waals surface area contributed by atoms with Gasteiger partial charge in [-0.1, -0.05) is 0 Å². The molecule has 3 aromatic rings. The second kappa shape index (κ2) is 4.81. The Morgan fingerprint density at radius 3 is 3.11 bits per heavy atom. The van der Waals surface area contributed by atoms with Gasteiger partial charge in [-0.05, 0) is 25.1 Å². The minimum absolute atomic E-state index is 0.101. The van der Waals surface area contributed by atoms with Gasteiger partial charge in [-0.3, -0.25) is 9.89 Å². The summed E-state index contributed by atoms with van der Waals surface area (Å²) >= 11 is 1.59. The maximum atomic E-state index is 12.0. The number of aromatic amines is 1. The molecule has 19 heavy (non-hydrogen) atoms. The molecule has 0 radical (unpaired) electrons. The highest BCUT2D eigenvalue weighted by atomic mass is 32.1. The van der Waals surface area contributed by atoms with Crippen LogP contribution < -0.4 is 5.32 Å². The first-order chi connectivity index (χ1) is 9.22. The van der Waals surface area contributed by atoms with Gasteiger partial charge in [-0.25, -0.2) is 4.98 Å². The van der Waals surface area contributed by atoms with Crippen molar-refractivity contribution in [3.8, 4) is 0 Å². The number of aryl methyl sites for hydroxylation is 1. The van der Waals surface area contributed by atoms with E-state index >= 15 is 0 Å². The number of carbonyl (C=O) groups excluding carboxylic acids is 1. The molecule has 2 heterocycles. The monoisotopic (exact) mass is 272 g/mol. The van der Waals surface area contributed by atoms with Crippen molar-refractivity contribution in [3.63, 3.8) is 0 Å². The number of hydrogen-bond donors (Lipinski definition) is 2. The number of fused-ring (bicyclic) bond motifs is 1. The number of hydrogen-bond acceptors (Lipinski definition) is 4. The molecule has 2 aromatic heterocycles. The summed E-state index contributed by atoms with van der Waals surface area (Å²) in [5.41, 5.74) is 1.55. The summed E-state index contributed by atoms with van der Waals surface area (Å²) in [5.74, 6) is -0.101. The fourth-order valence-corrected chi connectivity index (χ4v) is 2.55. The van der Waals surface area contributed by atoms with Crippen molar-refractivity contribution < 1.29 is 4.79 Å². The van der Waals surface area contributed by atoms with Crippen LogP contribution in [0.25, 0.3) is 10.9 Å². The molecule has 0 atom stereocenters. The molecular weight excluding hydrogens is 260 g/mol. The molecule has 3 rings (SSSR count). The third-order valence-electron chi connectivity index (χ3n) is 2.77. The Morgan fingerprint density at radius 1 is 1.42 bits per heavy atom. The molecule has 0 saturated heterocycles. The Kier molecular flexibility index (Phi) is 3.00. The summed E-state index contributed by atoms with van der Waals surface area (Å²) in [7, 11) is 0. The lowest BCUT2D eigenvalue weighted by Crippen LogP contribution is -2.22. The number of carbonyl (C=O) groups is 1. The van der Waals surface area contributed by atoms with Crippen molar-refractivity contribution in [2.24, 2.45) is 0 Å². The van der Waals surface area contributed by atoms with Gasteiger partial charge in [0.15, 0.2) is 0 Å². The Bertz CT molecular complexity index is 731. The molecule has 6 heteroatoms. The summed E-state index contributed by atoms with van der Waals surface area (Å²) in [6.45, 7) is 2.45. The van der Waals surface area contributed by atoms with Crippen LogP contribution in [-0.2, 0) is 6.54 Å². The molecule has 0 aliphatic heterocycles. The van der Waals surface area contributed by atoms with Crippen LogP contribution in [0.15, 0.2) is 30.6 Å². The van der Waals surface area contributed by atoms with Gasteiger partial charge < -0.3 is 5.32 Å². The molecular formula is C13H12N4OS. The summed E-state index contributed by atoms with van der Waals surface area (Å²) in [4.78, 5) is 17.4. The van der Waals surface area contributed by atoms with E-state index in [0.717, 1.165) is 20.8 Å². The van der Waals surface area contributed by atoms with Crippen molar-refractivity contribution in [3.05, 3.63) is 46.0 Å². The van der Waals surface area contributed by atoms with E-state index in [1.54, 1.807) is 23.6 Å². The van der Waals surface area contributed by atoms with Crippen molar-refractivity contribution in [2.45, 2.75) is 13.5 Å². The summed E-state index contributed by atoms with van der Waals surface area (Å²) in [5, 5.41) is 11.5. The molecule has 0 aliphatic rings. The zero-order valence-electron chi connectivity index (χ0n) is 10.3. The number of nitrogens with one attached hydrogen (secondary N) is 2. The van der Waals surface area contributed by atoms with E-state index in [0.29, 0.717) is 12.1 Å². The first-order valence-corrected chi connectivity index (χ1v) is 6.66. The lowest BCUT2D eigenvalue weighted by atomic mass is 10.1. The Balaban J connectivity index is 1.72. The van der Waals surface area contributed by atoms with Crippen molar-refractivity contribution in [1.82, 2.24) is 20.5 Å². The fourth-order valence-electron chi connectivity index (χ4n) is 1.83. The third kappa shape index (κ3) is 2.48. The average Bonchev–Trinajstić information content (AvgIpc) is 3.03. The lowest BCUT2D eigenvalue weighted by Gasteiger charge is -2.03. The van der Waals surface area contributed by atoms with E-state index in [1.165, 1.54) is 0 Å². The Labute approximate surface area is 113 Å². The Morgan fingerprint density at radius 2 is 2.32 bits per heavy atom. The summed E-state index contributed by atoms with van der Waals surface area (Å²) in [6.07, 6.45) is 3.51. The SMILES string of the molecule is Cc1cnc(CNC(=O)c2ccc3[nH]ncc3c2)s1. The Hall–Kier alpha value is -2.21. The van der Waals surface area contributed by atoms with Gasteiger partial charge in [-0.2, -0.15) is 5.10 Å². The van der Waals surface area contributed by atoms with Crippen LogP contribution in [0.5, 0.6) is 0 Å². The fraction of sp³-hybridized carbons (Fsp3) is 0.154. The minimum Gasteiger partial charge on any atom is -0.346 e. The number of amides is 1. The highest BCUT2D eigenvalue weighted by molar-refractivity contribution is 7.11. The topological polar surface area (TPSA) is 70.7 Å².